The summed E-state index contributed by atoms with van der Waals surface area (Å²) in [6.07, 6.45) is 0.382. The number of aromatic nitrogens is 1. The molecule has 0 atom stereocenters. The molecule has 146 valence electrons. The van der Waals surface area contributed by atoms with E-state index in [1.54, 1.807) is 12.3 Å². The van der Waals surface area contributed by atoms with Crippen LogP contribution in [-0.4, -0.2) is 49.2 Å². The van der Waals surface area contributed by atoms with Crippen molar-refractivity contribution >= 4 is 5.69 Å². The van der Waals surface area contributed by atoms with Crippen LogP contribution in [0.3, 0.4) is 0 Å². The first-order chi connectivity index (χ1) is 13.0. The van der Waals surface area contributed by atoms with Crippen molar-refractivity contribution in [3.05, 3.63) is 59.9 Å². The minimum atomic E-state index is -4.29. The highest BCUT2D eigenvalue weighted by Gasteiger charge is 2.31. The highest BCUT2D eigenvalue weighted by molar-refractivity contribution is 5.49. The summed E-state index contributed by atoms with van der Waals surface area (Å²) < 4.78 is 38.6. The van der Waals surface area contributed by atoms with Crippen LogP contribution in [0.4, 0.5) is 18.9 Å². The molecule has 0 spiro atoms. The van der Waals surface area contributed by atoms with E-state index in [2.05, 4.69) is 15.2 Å². The summed E-state index contributed by atoms with van der Waals surface area (Å²) in [5.41, 5.74) is 1.25. The molecule has 1 aliphatic rings. The number of rotatable bonds is 7. The Hall–Kier alpha value is -2.12. The number of piperazine rings is 1. The van der Waals surface area contributed by atoms with Crippen molar-refractivity contribution in [1.29, 1.82) is 0 Å². The van der Waals surface area contributed by atoms with Crippen molar-refractivity contribution in [3.8, 4) is 0 Å². The molecule has 1 aliphatic heterocycles. The molecule has 2 heterocycles. The molecule has 1 aromatic carbocycles. The van der Waals surface area contributed by atoms with Crippen molar-refractivity contribution in [2.24, 2.45) is 0 Å². The van der Waals surface area contributed by atoms with Gasteiger partial charge in [-0.15, -0.1) is 0 Å². The molecule has 0 bridgehead atoms. The molecule has 27 heavy (non-hydrogen) atoms. The number of nitrogens with one attached hydrogen (secondary N) is 1. The minimum absolute atomic E-state index is 0.581. The molecular formula is C20H25F3N4. The molecule has 1 N–H and O–H groups in total. The molecule has 0 aliphatic carbocycles. The van der Waals surface area contributed by atoms with E-state index in [4.69, 9.17) is 0 Å². The number of benzene rings is 1. The van der Waals surface area contributed by atoms with Crippen LogP contribution < -0.4 is 10.2 Å². The molecule has 1 saturated heterocycles. The van der Waals surface area contributed by atoms with E-state index in [1.807, 2.05) is 23.2 Å². The zero-order valence-electron chi connectivity index (χ0n) is 15.3. The van der Waals surface area contributed by atoms with Gasteiger partial charge in [-0.05, 0) is 49.3 Å². The second kappa shape index (κ2) is 9.19. The predicted octanol–water partition coefficient (Wildman–Crippen LogP) is 3.40. The van der Waals surface area contributed by atoms with E-state index in [0.717, 1.165) is 58.3 Å². The molecule has 3 rings (SSSR count). The lowest BCUT2D eigenvalue weighted by Gasteiger charge is -2.36. The van der Waals surface area contributed by atoms with Gasteiger partial charge in [-0.1, -0.05) is 12.1 Å². The van der Waals surface area contributed by atoms with E-state index in [1.165, 1.54) is 17.7 Å². The molecule has 2 aromatic rings. The monoisotopic (exact) mass is 378 g/mol. The van der Waals surface area contributed by atoms with Gasteiger partial charge in [0.15, 0.2) is 0 Å². The van der Waals surface area contributed by atoms with E-state index < -0.39 is 11.7 Å². The average Bonchev–Trinajstić information content (AvgIpc) is 2.68. The lowest BCUT2D eigenvalue weighted by Crippen LogP contribution is -2.47. The lowest BCUT2D eigenvalue weighted by molar-refractivity contribution is -0.137. The van der Waals surface area contributed by atoms with Gasteiger partial charge in [-0.25, -0.2) is 0 Å². The maximum Gasteiger partial charge on any atom is 0.416 e. The molecule has 0 unspecified atom stereocenters. The van der Waals surface area contributed by atoms with E-state index in [9.17, 15) is 13.2 Å². The highest BCUT2D eigenvalue weighted by Crippen LogP contribution is 2.31. The molecule has 0 radical (unpaired) electrons. The maximum absolute atomic E-state index is 12.9. The standard InChI is InChI=1S/C20H25F3N4/c21-20(22,23)18-5-1-6-19(14-18)27-12-10-26(11-13-27)9-3-8-25-16-17-4-2-7-24-15-17/h1-2,4-7,14-15,25H,3,8-13,16H2. The van der Waals surface area contributed by atoms with E-state index in [0.29, 0.717) is 5.69 Å². The van der Waals surface area contributed by atoms with Crippen LogP contribution in [0, 0.1) is 0 Å². The Kier molecular flexibility index (Phi) is 6.68. The fourth-order valence-corrected chi connectivity index (χ4v) is 3.27. The lowest BCUT2D eigenvalue weighted by atomic mass is 10.1. The van der Waals surface area contributed by atoms with Crippen LogP contribution in [-0.2, 0) is 12.7 Å². The minimum Gasteiger partial charge on any atom is -0.369 e. The number of pyridine rings is 1. The molecule has 0 amide bonds. The largest absolute Gasteiger partial charge is 0.416 e. The van der Waals surface area contributed by atoms with Crippen LogP contribution in [0.15, 0.2) is 48.8 Å². The Balaban J connectivity index is 1.37. The fourth-order valence-electron chi connectivity index (χ4n) is 3.27. The maximum atomic E-state index is 12.9. The van der Waals surface area contributed by atoms with Gasteiger partial charge < -0.3 is 10.2 Å². The van der Waals surface area contributed by atoms with Crippen LogP contribution in [0.5, 0.6) is 0 Å². The van der Waals surface area contributed by atoms with Gasteiger partial charge in [0.05, 0.1) is 5.56 Å². The molecule has 0 saturated carbocycles. The smallest absolute Gasteiger partial charge is 0.369 e. The average molecular weight is 378 g/mol. The van der Waals surface area contributed by atoms with Gasteiger partial charge in [0.1, 0.15) is 0 Å². The Bertz CT molecular complexity index is 698. The SMILES string of the molecule is FC(F)(F)c1cccc(N2CCN(CCCNCc3cccnc3)CC2)c1. The first-order valence-corrected chi connectivity index (χ1v) is 9.26. The second-order valence-electron chi connectivity index (χ2n) is 6.77. The summed E-state index contributed by atoms with van der Waals surface area (Å²) in [6.45, 7) is 6.00. The van der Waals surface area contributed by atoms with Crippen LogP contribution in [0.2, 0.25) is 0 Å². The zero-order valence-corrected chi connectivity index (χ0v) is 15.3. The molecule has 1 fully saturated rings. The first kappa shape index (κ1) is 19.6. The van der Waals surface area contributed by atoms with Crippen LogP contribution in [0.25, 0.3) is 0 Å². The Morgan fingerprint density at radius 1 is 1.04 bits per heavy atom. The molecule has 7 heteroatoms. The third-order valence-corrected chi connectivity index (χ3v) is 4.79. The van der Waals surface area contributed by atoms with Crippen LogP contribution in [0.1, 0.15) is 17.5 Å². The van der Waals surface area contributed by atoms with Gasteiger partial charge in [0.25, 0.3) is 0 Å². The van der Waals surface area contributed by atoms with Crippen molar-refractivity contribution in [1.82, 2.24) is 15.2 Å². The summed E-state index contributed by atoms with van der Waals surface area (Å²) in [4.78, 5) is 8.50. The van der Waals surface area contributed by atoms with Gasteiger partial charge in [0.2, 0.25) is 0 Å². The number of nitrogens with zero attached hydrogens (tertiary/aromatic N) is 3. The quantitative estimate of drug-likeness (QED) is 0.749. The normalized spacial score (nSPS) is 15.9. The fraction of sp³-hybridized carbons (Fsp3) is 0.450. The van der Waals surface area contributed by atoms with Gasteiger partial charge >= 0.3 is 6.18 Å². The summed E-state index contributed by atoms with van der Waals surface area (Å²) >= 11 is 0. The number of hydrogen-bond donors (Lipinski definition) is 1. The van der Waals surface area contributed by atoms with Gasteiger partial charge in [-0.3, -0.25) is 9.88 Å². The predicted molar refractivity (Wildman–Crippen MR) is 101 cm³/mol. The molecule has 4 nitrogen and oxygen atoms in total. The first-order valence-electron chi connectivity index (χ1n) is 9.26. The second-order valence-corrected chi connectivity index (χ2v) is 6.77. The summed E-state index contributed by atoms with van der Waals surface area (Å²) in [5, 5.41) is 3.41. The van der Waals surface area contributed by atoms with E-state index >= 15 is 0 Å². The number of halogens is 3. The Labute approximate surface area is 158 Å². The van der Waals surface area contributed by atoms with Gasteiger partial charge in [0, 0.05) is 50.8 Å². The number of alkyl halides is 3. The van der Waals surface area contributed by atoms with Crippen molar-refractivity contribution < 1.29 is 13.2 Å². The number of hydrogen-bond acceptors (Lipinski definition) is 4. The zero-order chi connectivity index (χ0) is 19.1. The topological polar surface area (TPSA) is 31.4 Å². The van der Waals surface area contributed by atoms with Crippen LogP contribution >= 0.6 is 0 Å². The molecular weight excluding hydrogens is 353 g/mol. The number of anilines is 1. The van der Waals surface area contributed by atoms with E-state index in [-0.39, 0.29) is 0 Å². The highest BCUT2D eigenvalue weighted by atomic mass is 19.4. The van der Waals surface area contributed by atoms with Crippen molar-refractivity contribution in [2.75, 3.05) is 44.2 Å². The third-order valence-electron chi connectivity index (χ3n) is 4.79. The third kappa shape index (κ3) is 5.94. The summed E-state index contributed by atoms with van der Waals surface area (Å²) in [6, 6.07) is 9.59. The Morgan fingerprint density at radius 2 is 1.85 bits per heavy atom. The summed E-state index contributed by atoms with van der Waals surface area (Å²) in [5.74, 6) is 0. The van der Waals surface area contributed by atoms with Crippen molar-refractivity contribution in [2.45, 2.75) is 19.1 Å². The summed E-state index contributed by atoms with van der Waals surface area (Å²) in [7, 11) is 0. The van der Waals surface area contributed by atoms with Gasteiger partial charge in [-0.2, -0.15) is 13.2 Å². The molecule has 1 aromatic heterocycles. The van der Waals surface area contributed by atoms with Crippen molar-refractivity contribution in [3.63, 3.8) is 0 Å². The Morgan fingerprint density at radius 3 is 2.56 bits per heavy atom.